The van der Waals surface area contributed by atoms with Gasteiger partial charge in [0.2, 0.25) is 5.95 Å². The van der Waals surface area contributed by atoms with Crippen molar-refractivity contribution in [3.05, 3.63) is 52.7 Å². The van der Waals surface area contributed by atoms with Gasteiger partial charge in [-0.3, -0.25) is 4.90 Å². The van der Waals surface area contributed by atoms with Crippen LogP contribution in [0.3, 0.4) is 0 Å². The Balaban J connectivity index is 1.43. The number of aliphatic hydroxyl groups excluding tert-OH is 1. The summed E-state index contributed by atoms with van der Waals surface area (Å²) in [6.07, 6.45) is 0.184. The van der Waals surface area contributed by atoms with Crippen molar-refractivity contribution in [1.82, 2.24) is 19.9 Å². The van der Waals surface area contributed by atoms with E-state index in [0.717, 1.165) is 41.7 Å². The van der Waals surface area contributed by atoms with Crippen molar-refractivity contribution in [3.63, 3.8) is 0 Å². The molecule has 0 spiro atoms. The number of benzene rings is 1. The SMILES string of the molecule is Cc1cc(C)c2c(N)nc(NC3CCN(Cc4ccc(C#N)cc4)CC3O)nc2n1. The maximum absolute atomic E-state index is 10.7. The highest BCUT2D eigenvalue weighted by atomic mass is 16.3. The Morgan fingerprint density at radius 2 is 2.00 bits per heavy atom. The van der Waals surface area contributed by atoms with E-state index < -0.39 is 6.10 Å². The first kappa shape index (κ1) is 20.0. The molecule has 0 amide bonds. The van der Waals surface area contributed by atoms with Crippen LogP contribution in [0, 0.1) is 25.2 Å². The predicted octanol–water partition coefficient (Wildman–Crippen LogP) is 2.14. The molecule has 0 radical (unpaired) electrons. The summed E-state index contributed by atoms with van der Waals surface area (Å²) in [7, 11) is 0. The van der Waals surface area contributed by atoms with Gasteiger partial charge in [0.05, 0.1) is 29.2 Å². The molecule has 1 aliphatic rings. The minimum Gasteiger partial charge on any atom is -0.390 e. The topological polar surface area (TPSA) is 124 Å². The summed E-state index contributed by atoms with van der Waals surface area (Å²) in [5, 5.41) is 23.6. The molecule has 30 heavy (non-hydrogen) atoms. The zero-order valence-electron chi connectivity index (χ0n) is 17.1. The predicted molar refractivity (Wildman–Crippen MR) is 116 cm³/mol. The van der Waals surface area contributed by atoms with Crippen molar-refractivity contribution in [2.24, 2.45) is 0 Å². The van der Waals surface area contributed by atoms with Crippen LogP contribution in [-0.4, -0.2) is 50.2 Å². The van der Waals surface area contributed by atoms with Crippen molar-refractivity contribution in [3.8, 4) is 6.07 Å². The number of hydrogen-bond acceptors (Lipinski definition) is 8. The van der Waals surface area contributed by atoms with E-state index in [1.54, 1.807) is 0 Å². The summed E-state index contributed by atoms with van der Waals surface area (Å²) in [6.45, 7) is 5.99. The van der Waals surface area contributed by atoms with E-state index in [4.69, 9.17) is 11.0 Å². The molecule has 4 N–H and O–H groups in total. The van der Waals surface area contributed by atoms with Crippen LogP contribution < -0.4 is 11.1 Å². The number of nitrogens with two attached hydrogens (primary N) is 1. The third kappa shape index (κ3) is 4.17. The van der Waals surface area contributed by atoms with Crippen LogP contribution in [-0.2, 0) is 6.54 Å². The molecule has 154 valence electrons. The lowest BCUT2D eigenvalue weighted by Crippen LogP contribution is -2.49. The maximum atomic E-state index is 10.7. The van der Waals surface area contributed by atoms with E-state index in [-0.39, 0.29) is 6.04 Å². The minimum atomic E-state index is -0.565. The molecule has 0 aliphatic carbocycles. The van der Waals surface area contributed by atoms with Crippen LogP contribution in [0.5, 0.6) is 0 Å². The number of anilines is 2. The largest absolute Gasteiger partial charge is 0.390 e. The van der Waals surface area contributed by atoms with Crippen molar-refractivity contribution in [2.75, 3.05) is 24.1 Å². The second-order valence-electron chi connectivity index (χ2n) is 7.86. The van der Waals surface area contributed by atoms with Crippen molar-refractivity contribution < 1.29 is 5.11 Å². The molecule has 1 saturated heterocycles. The smallest absolute Gasteiger partial charge is 0.227 e. The summed E-state index contributed by atoms with van der Waals surface area (Å²) >= 11 is 0. The molecule has 3 aromatic rings. The van der Waals surface area contributed by atoms with Gasteiger partial charge in [0.15, 0.2) is 5.65 Å². The number of likely N-dealkylation sites (tertiary alicyclic amines) is 1. The van der Waals surface area contributed by atoms with Gasteiger partial charge >= 0.3 is 0 Å². The van der Waals surface area contributed by atoms with Crippen LogP contribution in [0.4, 0.5) is 11.8 Å². The molecule has 2 aromatic heterocycles. The average molecular weight is 403 g/mol. The molecule has 0 saturated carbocycles. The van der Waals surface area contributed by atoms with Gasteiger partial charge in [-0.25, -0.2) is 4.98 Å². The van der Waals surface area contributed by atoms with Crippen LogP contribution >= 0.6 is 0 Å². The van der Waals surface area contributed by atoms with Gasteiger partial charge < -0.3 is 16.2 Å². The first-order chi connectivity index (χ1) is 14.4. The molecule has 1 aliphatic heterocycles. The van der Waals surface area contributed by atoms with Crippen molar-refractivity contribution in [2.45, 2.75) is 39.0 Å². The van der Waals surface area contributed by atoms with Gasteiger partial charge in [0.25, 0.3) is 0 Å². The van der Waals surface area contributed by atoms with E-state index in [2.05, 4.69) is 31.2 Å². The number of rotatable bonds is 4. The van der Waals surface area contributed by atoms with E-state index in [1.165, 1.54) is 0 Å². The Hall–Kier alpha value is -3.28. The molecule has 2 atom stereocenters. The molecule has 4 rings (SSSR count). The standard InChI is InChI=1S/C22H25N7O/c1-13-9-14(2)25-21-19(13)20(24)27-22(28-21)26-17-7-8-29(12-18(17)30)11-16-5-3-15(10-23)4-6-16/h3-6,9,17-18,30H,7-8,11-12H2,1-2H3,(H3,24,25,26,27,28). The third-order valence-electron chi connectivity index (χ3n) is 5.49. The molecular weight excluding hydrogens is 378 g/mol. The number of aromatic nitrogens is 3. The lowest BCUT2D eigenvalue weighted by Gasteiger charge is -2.36. The number of nitrogen functional groups attached to an aromatic ring is 1. The van der Waals surface area contributed by atoms with E-state index in [9.17, 15) is 5.11 Å². The summed E-state index contributed by atoms with van der Waals surface area (Å²) in [5.41, 5.74) is 10.4. The number of pyridine rings is 1. The van der Waals surface area contributed by atoms with E-state index >= 15 is 0 Å². The van der Waals surface area contributed by atoms with Crippen LogP contribution in [0.15, 0.2) is 30.3 Å². The second kappa shape index (κ2) is 8.22. The van der Waals surface area contributed by atoms with Gasteiger partial charge in [-0.05, 0) is 49.6 Å². The molecule has 1 fully saturated rings. The Labute approximate surface area is 175 Å². The van der Waals surface area contributed by atoms with Gasteiger partial charge in [0, 0.05) is 25.3 Å². The first-order valence-electron chi connectivity index (χ1n) is 10.0. The highest BCUT2D eigenvalue weighted by molar-refractivity contribution is 5.89. The number of hydrogen-bond donors (Lipinski definition) is 3. The van der Waals surface area contributed by atoms with E-state index in [0.29, 0.717) is 29.5 Å². The van der Waals surface area contributed by atoms with Crippen LogP contribution in [0.25, 0.3) is 11.0 Å². The molecule has 8 nitrogen and oxygen atoms in total. The van der Waals surface area contributed by atoms with Crippen LogP contribution in [0.2, 0.25) is 0 Å². The number of piperidine rings is 1. The quantitative estimate of drug-likeness (QED) is 0.605. The minimum absolute atomic E-state index is 0.162. The maximum Gasteiger partial charge on any atom is 0.227 e. The highest BCUT2D eigenvalue weighted by Crippen LogP contribution is 2.24. The third-order valence-corrected chi connectivity index (χ3v) is 5.49. The summed E-state index contributed by atoms with van der Waals surface area (Å²) in [4.78, 5) is 15.6. The number of nitrogens with one attached hydrogen (secondary N) is 1. The zero-order chi connectivity index (χ0) is 21.3. The number of nitrogens with zero attached hydrogens (tertiary/aromatic N) is 5. The monoisotopic (exact) mass is 403 g/mol. The van der Waals surface area contributed by atoms with Gasteiger partial charge in [0.1, 0.15) is 5.82 Å². The Morgan fingerprint density at radius 1 is 1.23 bits per heavy atom. The molecule has 2 unspecified atom stereocenters. The number of nitriles is 1. The summed E-state index contributed by atoms with van der Waals surface area (Å²) in [5.74, 6) is 0.780. The number of aryl methyl sites for hydroxylation is 2. The average Bonchev–Trinajstić information content (AvgIpc) is 2.70. The number of aliphatic hydroxyl groups is 1. The Bertz CT molecular complexity index is 1110. The van der Waals surface area contributed by atoms with Gasteiger partial charge in [-0.15, -0.1) is 0 Å². The Kier molecular flexibility index (Phi) is 5.48. The van der Waals surface area contributed by atoms with Gasteiger partial charge in [-0.2, -0.15) is 15.2 Å². The fraction of sp³-hybridized carbons (Fsp3) is 0.364. The number of β-amino-alcohol motifs (C(OH)–C–C–N with tert-alkyl or cyclic N) is 1. The molecule has 1 aromatic carbocycles. The number of fused-ring (bicyclic) bond motifs is 1. The molecule has 0 bridgehead atoms. The van der Waals surface area contributed by atoms with Crippen molar-refractivity contribution >= 4 is 22.8 Å². The van der Waals surface area contributed by atoms with E-state index in [1.807, 2.05) is 44.2 Å². The highest BCUT2D eigenvalue weighted by Gasteiger charge is 2.28. The second-order valence-corrected chi connectivity index (χ2v) is 7.86. The summed E-state index contributed by atoms with van der Waals surface area (Å²) in [6, 6.07) is 11.5. The molecular formula is C22H25N7O. The van der Waals surface area contributed by atoms with Crippen molar-refractivity contribution in [1.29, 1.82) is 5.26 Å². The van der Waals surface area contributed by atoms with Crippen LogP contribution in [0.1, 0.15) is 28.8 Å². The lowest BCUT2D eigenvalue weighted by atomic mass is 10.0. The molecule has 3 heterocycles. The fourth-order valence-corrected chi connectivity index (χ4v) is 3.99. The van der Waals surface area contributed by atoms with Gasteiger partial charge in [-0.1, -0.05) is 12.1 Å². The molecule has 8 heteroatoms. The zero-order valence-corrected chi connectivity index (χ0v) is 17.1. The summed E-state index contributed by atoms with van der Waals surface area (Å²) < 4.78 is 0. The first-order valence-corrected chi connectivity index (χ1v) is 10.0. The normalized spacial score (nSPS) is 19.5. The fourth-order valence-electron chi connectivity index (χ4n) is 3.99. The Morgan fingerprint density at radius 3 is 2.70 bits per heavy atom. The lowest BCUT2D eigenvalue weighted by molar-refractivity contribution is 0.0559.